The highest BCUT2D eigenvalue weighted by atomic mass is 31.2. The Labute approximate surface area is 433 Å². The third kappa shape index (κ3) is 52.8. The third-order valence-electron chi connectivity index (χ3n) is 13.1. The van der Waals surface area contributed by atoms with E-state index >= 15 is 0 Å². The molecule has 10 nitrogen and oxygen atoms in total. The van der Waals surface area contributed by atoms with Crippen LogP contribution in [0.5, 0.6) is 0 Å². The van der Waals surface area contributed by atoms with Crippen molar-refractivity contribution in [3.05, 3.63) is 24.3 Å². The molecular formula is C59H115N2O8P. The molecule has 0 fully saturated rings. The summed E-state index contributed by atoms with van der Waals surface area (Å²) in [4.78, 5) is 25.8. The fraction of sp³-hybridized carbons (Fsp3) is 0.898. The number of ether oxygens (including phenoxy) is 2. The van der Waals surface area contributed by atoms with Crippen LogP contribution in [0.25, 0.3) is 0 Å². The van der Waals surface area contributed by atoms with Gasteiger partial charge in [-0.3, -0.25) is 23.2 Å². The summed E-state index contributed by atoms with van der Waals surface area (Å²) < 4.78 is 42.1. The fourth-order valence-corrected chi connectivity index (χ4v) is 9.90. The minimum absolute atomic E-state index is 0.00259. The number of carbonyl (C=O) groups excluding carboxylic acids is 2. The molecule has 11 heteroatoms. The molecule has 0 bridgehead atoms. The number of hydrogen-bond acceptors (Lipinski definition) is 10. The van der Waals surface area contributed by atoms with Gasteiger partial charge in [0, 0.05) is 19.4 Å². The van der Waals surface area contributed by atoms with Crippen molar-refractivity contribution in [2.24, 2.45) is 11.5 Å². The van der Waals surface area contributed by atoms with Crippen LogP contribution in [0.3, 0.4) is 0 Å². The van der Waals surface area contributed by atoms with Crippen LogP contribution in [-0.4, -0.2) is 57.6 Å². The number of phosphoric ester groups is 1. The van der Waals surface area contributed by atoms with Crippen molar-refractivity contribution < 1.29 is 37.2 Å². The summed E-state index contributed by atoms with van der Waals surface area (Å²) in [5.74, 6) is -0.732. The Bertz CT molecular complexity index is 1200. The Morgan fingerprint density at radius 3 is 1.13 bits per heavy atom. The maximum atomic E-state index is 13.7. The standard InChI is InChI=1S/C59H115N2O8P/c1-3-5-7-9-11-13-15-17-21-25-29-33-37-41-45-49-58(62)65-55-57(69-59(63)50-46-42-38-34-30-26-22-18-16-14-12-10-8-6-4-2)56-68-70(64,67-54-52-61)66-53-48-44-40-36-32-28-24-20-19-23-27-31-35-39-43-47-51-60/h17-18,21-22,57H,3-16,19-20,23-56,60-61H2,1-2H3/t57-,70?/m1/s1. The summed E-state index contributed by atoms with van der Waals surface area (Å²) in [7, 11) is -4.00. The van der Waals surface area contributed by atoms with E-state index in [0.717, 1.165) is 96.4 Å². The Hall–Kier alpha value is -1.55. The lowest BCUT2D eigenvalue weighted by Crippen LogP contribution is -2.30. The molecule has 4 N–H and O–H groups in total. The van der Waals surface area contributed by atoms with Gasteiger partial charge < -0.3 is 20.9 Å². The molecule has 0 aliphatic heterocycles. The van der Waals surface area contributed by atoms with Gasteiger partial charge in [0.05, 0.1) is 19.8 Å². The molecular weight excluding hydrogens is 896 g/mol. The summed E-state index contributed by atoms with van der Waals surface area (Å²) in [6, 6.07) is 0. The first-order valence-electron chi connectivity index (χ1n) is 30.0. The summed E-state index contributed by atoms with van der Waals surface area (Å²) in [5.41, 5.74) is 11.3. The van der Waals surface area contributed by atoms with E-state index in [0.29, 0.717) is 12.8 Å². The normalized spacial score (nSPS) is 13.1. The minimum atomic E-state index is -4.00. The van der Waals surface area contributed by atoms with Gasteiger partial charge in [0.15, 0.2) is 6.10 Å². The van der Waals surface area contributed by atoms with Crippen LogP contribution < -0.4 is 11.5 Å². The first-order chi connectivity index (χ1) is 34.4. The molecule has 1 unspecified atom stereocenters. The number of unbranched alkanes of at least 4 members (excludes halogenated alkanes) is 37. The van der Waals surface area contributed by atoms with Gasteiger partial charge in [0.25, 0.3) is 0 Å². The van der Waals surface area contributed by atoms with Crippen molar-refractivity contribution in [1.82, 2.24) is 0 Å². The number of carbonyl (C=O) groups is 2. The lowest BCUT2D eigenvalue weighted by molar-refractivity contribution is -0.161. The van der Waals surface area contributed by atoms with Crippen molar-refractivity contribution in [2.75, 3.05) is 39.5 Å². The van der Waals surface area contributed by atoms with Gasteiger partial charge in [-0.05, 0) is 83.6 Å². The summed E-state index contributed by atoms with van der Waals surface area (Å²) in [6.07, 6.45) is 59.3. The van der Waals surface area contributed by atoms with E-state index in [9.17, 15) is 14.2 Å². The number of nitrogens with two attached hydrogens (primary N) is 2. The minimum Gasteiger partial charge on any atom is -0.462 e. The lowest BCUT2D eigenvalue weighted by Gasteiger charge is -2.22. The zero-order chi connectivity index (χ0) is 51.0. The largest absolute Gasteiger partial charge is 0.474 e. The number of rotatable bonds is 58. The molecule has 0 spiro atoms. The van der Waals surface area contributed by atoms with E-state index in [1.165, 1.54) is 173 Å². The number of hydrogen-bond donors (Lipinski definition) is 2. The molecule has 0 aliphatic carbocycles. The average molecular weight is 1010 g/mol. The molecule has 0 rings (SSSR count). The SMILES string of the molecule is CCCCCCCCC=CCCCCCCCC(=O)OC[C@H](COP(=O)(OCCN)OCCCCCCCCCCCCCCCCCCN)OC(=O)CCCCCCCC=CCCCCCCCC. The highest BCUT2D eigenvalue weighted by Crippen LogP contribution is 2.49. The molecule has 0 saturated carbocycles. The number of phosphoric acid groups is 1. The number of esters is 2. The van der Waals surface area contributed by atoms with E-state index in [2.05, 4.69) is 38.2 Å². The second-order valence-electron chi connectivity index (χ2n) is 20.1. The van der Waals surface area contributed by atoms with Crippen LogP contribution in [0.4, 0.5) is 0 Å². The second-order valence-corrected chi connectivity index (χ2v) is 21.8. The second kappa shape index (κ2) is 56.7. The molecule has 0 heterocycles. The average Bonchev–Trinajstić information content (AvgIpc) is 3.36. The van der Waals surface area contributed by atoms with Crippen LogP contribution in [-0.2, 0) is 37.2 Å². The van der Waals surface area contributed by atoms with Crippen molar-refractivity contribution in [2.45, 2.75) is 302 Å². The molecule has 0 aromatic rings. The third-order valence-corrected chi connectivity index (χ3v) is 14.6. The highest BCUT2D eigenvalue weighted by Gasteiger charge is 2.30. The molecule has 2 atom stereocenters. The predicted octanol–water partition coefficient (Wildman–Crippen LogP) is 17.8. The van der Waals surface area contributed by atoms with E-state index in [-0.39, 0.29) is 45.4 Å². The molecule has 0 amide bonds. The van der Waals surface area contributed by atoms with Crippen molar-refractivity contribution in [3.8, 4) is 0 Å². The number of allylic oxidation sites excluding steroid dienone is 4. The van der Waals surface area contributed by atoms with E-state index in [1.807, 2.05) is 0 Å². The van der Waals surface area contributed by atoms with Gasteiger partial charge in [0.2, 0.25) is 0 Å². The Morgan fingerprint density at radius 2 is 0.729 bits per heavy atom. The predicted molar refractivity (Wildman–Crippen MR) is 297 cm³/mol. The summed E-state index contributed by atoms with van der Waals surface area (Å²) >= 11 is 0. The van der Waals surface area contributed by atoms with Crippen LogP contribution in [0, 0.1) is 0 Å². The topological polar surface area (TPSA) is 149 Å². The van der Waals surface area contributed by atoms with Crippen LogP contribution in [0.15, 0.2) is 24.3 Å². The van der Waals surface area contributed by atoms with Crippen LogP contribution >= 0.6 is 7.82 Å². The molecule has 0 radical (unpaired) electrons. The van der Waals surface area contributed by atoms with Gasteiger partial charge >= 0.3 is 19.8 Å². The van der Waals surface area contributed by atoms with Gasteiger partial charge in [-0.25, -0.2) is 4.57 Å². The molecule has 0 aliphatic rings. The fourth-order valence-electron chi connectivity index (χ4n) is 8.65. The Kier molecular flexibility index (Phi) is 55.5. The smallest absolute Gasteiger partial charge is 0.462 e. The van der Waals surface area contributed by atoms with Crippen molar-refractivity contribution in [1.29, 1.82) is 0 Å². The zero-order valence-electron chi connectivity index (χ0n) is 46.1. The monoisotopic (exact) mass is 1010 g/mol. The maximum absolute atomic E-state index is 13.7. The van der Waals surface area contributed by atoms with E-state index < -0.39 is 19.9 Å². The van der Waals surface area contributed by atoms with Crippen LogP contribution in [0.1, 0.15) is 296 Å². The molecule has 0 aromatic heterocycles. The highest BCUT2D eigenvalue weighted by molar-refractivity contribution is 7.48. The first-order valence-corrected chi connectivity index (χ1v) is 31.5. The summed E-state index contributed by atoms with van der Waals surface area (Å²) in [5, 5.41) is 0. The first kappa shape index (κ1) is 68.5. The van der Waals surface area contributed by atoms with Gasteiger partial charge in [0.1, 0.15) is 6.61 Å². The molecule has 70 heavy (non-hydrogen) atoms. The Morgan fingerprint density at radius 1 is 0.386 bits per heavy atom. The Balaban J connectivity index is 4.72. The van der Waals surface area contributed by atoms with Crippen LogP contribution in [0.2, 0.25) is 0 Å². The van der Waals surface area contributed by atoms with Gasteiger partial charge in [-0.1, -0.05) is 231 Å². The molecule has 0 saturated heterocycles. The van der Waals surface area contributed by atoms with E-state index in [4.69, 9.17) is 34.5 Å². The van der Waals surface area contributed by atoms with Gasteiger partial charge in [-0.2, -0.15) is 0 Å². The lowest BCUT2D eigenvalue weighted by atomic mass is 10.0. The molecule has 414 valence electrons. The van der Waals surface area contributed by atoms with Crippen molar-refractivity contribution >= 4 is 19.8 Å². The van der Waals surface area contributed by atoms with E-state index in [1.54, 1.807) is 0 Å². The zero-order valence-corrected chi connectivity index (χ0v) is 47.0. The van der Waals surface area contributed by atoms with Gasteiger partial charge in [-0.15, -0.1) is 0 Å². The summed E-state index contributed by atoms with van der Waals surface area (Å²) in [6.45, 7) is 5.24. The maximum Gasteiger partial charge on any atom is 0.474 e. The molecule has 0 aromatic carbocycles. The quantitative estimate of drug-likeness (QED) is 0.0261. The van der Waals surface area contributed by atoms with Crippen molar-refractivity contribution in [3.63, 3.8) is 0 Å².